The third-order valence-electron chi connectivity index (χ3n) is 1.39. The van der Waals surface area contributed by atoms with Crippen LogP contribution in [-0.4, -0.2) is 18.1 Å². The summed E-state index contributed by atoms with van der Waals surface area (Å²) in [5.41, 5.74) is 0. The van der Waals surface area contributed by atoms with Gasteiger partial charge in [0.1, 0.15) is 6.26 Å². The van der Waals surface area contributed by atoms with E-state index in [2.05, 4.69) is 4.98 Å². The van der Waals surface area contributed by atoms with Crippen LogP contribution in [0.1, 0.15) is 6.42 Å². The highest BCUT2D eigenvalue weighted by Crippen LogP contribution is 2.14. The molecule has 1 aromatic rings. The molecule has 0 amide bonds. The summed E-state index contributed by atoms with van der Waals surface area (Å²) in [6.07, 6.45) is 4.19. The van der Waals surface area contributed by atoms with Gasteiger partial charge in [-0.05, 0) is 6.42 Å². The molecule has 4 heteroatoms. The summed E-state index contributed by atoms with van der Waals surface area (Å²) in [6.45, 7) is 1.64. The van der Waals surface area contributed by atoms with Crippen molar-refractivity contribution in [3.05, 3.63) is 12.5 Å². The maximum absolute atomic E-state index is 5.17. The van der Waals surface area contributed by atoms with Crippen molar-refractivity contribution in [2.45, 2.75) is 6.42 Å². The molecule has 0 aliphatic carbocycles. The summed E-state index contributed by atoms with van der Waals surface area (Å²) in [6, 6.07) is 0.553. The van der Waals surface area contributed by atoms with Crippen LogP contribution in [0, 0.1) is 0 Å². The van der Waals surface area contributed by atoms with Crippen molar-refractivity contribution >= 4 is 6.01 Å². The van der Waals surface area contributed by atoms with Crippen molar-refractivity contribution in [3.8, 4) is 0 Å². The first-order valence-corrected chi connectivity index (χ1v) is 3.27. The van der Waals surface area contributed by atoms with Crippen molar-refractivity contribution in [3.63, 3.8) is 0 Å². The first-order valence-electron chi connectivity index (χ1n) is 3.27. The van der Waals surface area contributed by atoms with Crippen molar-refractivity contribution in [2.24, 2.45) is 0 Å². The molecule has 1 aliphatic rings. The summed E-state index contributed by atoms with van der Waals surface area (Å²) < 4.78 is 5.01. The average Bonchev–Trinajstić information content (AvgIpc) is 2.59. The van der Waals surface area contributed by atoms with Crippen molar-refractivity contribution in [1.82, 2.24) is 4.98 Å². The molecule has 1 fully saturated rings. The van der Waals surface area contributed by atoms with Gasteiger partial charge in [0.15, 0.2) is 0 Å². The summed E-state index contributed by atoms with van der Waals surface area (Å²) >= 11 is 0. The molecule has 10 heavy (non-hydrogen) atoms. The Hall–Kier alpha value is -1.03. The SMILES string of the molecule is c1coc(N2CCCO2)n1. The first-order chi connectivity index (χ1) is 4.97. The van der Waals surface area contributed by atoms with Crippen LogP contribution < -0.4 is 5.06 Å². The molecular weight excluding hydrogens is 132 g/mol. The number of hydroxylamine groups is 1. The van der Waals surface area contributed by atoms with E-state index in [0.717, 1.165) is 19.6 Å². The van der Waals surface area contributed by atoms with Gasteiger partial charge in [0.2, 0.25) is 0 Å². The van der Waals surface area contributed by atoms with Gasteiger partial charge in [-0.25, -0.2) is 10.0 Å². The minimum Gasteiger partial charge on any atom is -0.431 e. The van der Waals surface area contributed by atoms with Crippen LogP contribution in [0.5, 0.6) is 0 Å². The van der Waals surface area contributed by atoms with E-state index in [1.807, 2.05) is 0 Å². The average molecular weight is 140 g/mol. The monoisotopic (exact) mass is 140 g/mol. The molecule has 54 valence electrons. The molecule has 2 heterocycles. The van der Waals surface area contributed by atoms with Gasteiger partial charge >= 0.3 is 6.01 Å². The molecule has 1 aliphatic heterocycles. The lowest BCUT2D eigenvalue weighted by Crippen LogP contribution is -2.15. The zero-order valence-corrected chi connectivity index (χ0v) is 5.49. The van der Waals surface area contributed by atoms with E-state index in [4.69, 9.17) is 9.25 Å². The van der Waals surface area contributed by atoms with E-state index in [1.54, 1.807) is 11.3 Å². The number of hydrogen-bond donors (Lipinski definition) is 0. The topological polar surface area (TPSA) is 38.5 Å². The van der Waals surface area contributed by atoms with Crippen molar-refractivity contribution < 1.29 is 9.25 Å². The highest BCUT2D eigenvalue weighted by molar-refractivity contribution is 5.19. The Morgan fingerprint density at radius 2 is 2.60 bits per heavy atom. The van der Waals surface area contributed by atoms with E-state index < -0.39 is 0 Å². The number of oxazole rings is 1. The van der Waals surface area contributed by atoms with Gasteiger partial charge in [-0.3, -0.25) is 4.84 Å². The molecule has 0 unspecified atom stereocenters. The fourth-order valence-corrected chi connectivity index (χ4v) is 0.937. The Bertz CT molecular complexity index is 192. The lowest BCUT2D eigenvalue weighted by Gasteiger charge is -2.08. The fourth-order valence-electron chi connectivity index (χ4n) is 0.937. The van der Waals surface area contributed by atoms with Gasteiger partial charge < -0.3 is 4.42 Å². The molecule has 0 atom stereocenters. The minimum absolute atomic E-state index is 0.553. The maximum Gasteiger partial charge on any atom is 0.321 e. The standard InChI is InChI=1S/C6H8N2O2/c1-3-8(10-4-1)6-7-2-5-9-6/h2,5H,1,3-4H2. The first kappa shape index (κ1) is 5.73. The summed E-state index contributed by atoms with van der Waals surface area (Å²) in [5, 5.41) is 1.67. The molecule has 4 nitrogen and oxygen atoms in total. The summed E-state index contributed by atoms with van der Waals surface area (Å²) in [4.78, 5) is 9.11. The highest BCUT2D eigenvalue weighted by atomic mass is 16.7. The molecule has 0 saturated carbocycles. The number of hydrogen-bond acceptors (Lipinski definition) is 4. The van der Waals surface area contributed by atoms with Gasteiger partial charge in [-0.2, -0.15) is 0 Å². The van der Waals surface area contributed by atoms with Gasteiger partial charge in [0, 0.05) is 0 Å². The van der Waals surface area contributed by atoms with Crippen molar-refractivity contribution in [1.29, 1.82) is 0 Å². The molecule has 1 aromatic heterocycles. The Kier molecular flexibility index (Phi) is 1.32. The Morgan fingerprint density at radius 3 is 3.20 bits per heavy atom. The van der Waals surface area contributed by atoms with Crippen LogP contribution in [0.3, 0.4) is 0 Å². The number of aromatic nitrogens is 1. The Labute approximate surface area is 58.4 Å². The maximum atomic E-state index is 5.17. The van der Waals surface area contributed by atoms with E-state index in [1.165, 1.54) is 6.26 Å². The van der Waals surface area contributed by atoms with Gasteiger partial charge in [0.25, 0.3) is 0 Å². The summed E-state index contributed by atoms with van der Waals surface area (Å²) in [7, 11) is 0. The normalized spacial score (nSPS) is 18.2. The molecule has 0 aromatic carbocycles. The third-order valence-corrected chi connectivity index (χ3v) is 1.39. The molecule has 0 bridgehead atoms. The van der Waals surface area contributed by atoms with E-state index in [0.29, 0.717) is 6.01 Å². The fraction of sp³-hybridized carbons (Fsp3) is 0.500. The zero-order chi connectivity index (χ0) is 6.81. The second-order valence-electron chi connectivity index (χ2n) is 2.10. The second-order valence-corrected chi connectivity index (χ2v) is 2.10. The zero-order valence-electron chi connectivity index (χ0n) is 5.49. The molecule has 0 radical (unpaired) electrons. The van der Waals surface area contributed by atoms with Crippen LogP contribution in [0.2, 0.25) is 0 Å². The van der Waals surface area contributed by atoms with Gasteiger partial charge in [0.05, 0.1) is 19.3 Å². The lowest BCUT2D eigenvalue weighted by atomic mass is 10.5. The predicted octanol–water partition coefficient (Wildman–Crippen LogP) is 0.816. The molecule has 0 spiro atoms. The second kappa shape index (κ2) is 2.30. The number of nitrogens with zero attached hydrogens (tertiary/aromatic N) is 2. The highest BCUT2D eigenvalue weighted by Gasteiger charge is 2.16. The van der Waals surface area contributed by atoms with Crippen LogP contribution in [0.4, 0.5) is 6.01 Å². The lowest BCUT2D eigenvalue weighted by molar-refractivity contribution is 0.154. The Balaban J connectivity index is 2.12. The number of rotatable bonds is 1. The number of anilines is 1. The third kappa shape index (κ3) is 0.863. The van der Waals surface area contributed by atoms with Gasteiger partial charge in [-0.15, -0.1) is 0 Å². The molecule has 1 saturated heterocycles. The van der Waals surface area contributed by atoms with Crippen molar-refractivity contribution in [2.75, 3.05) is 18.2 Å². The summed E-state index contributed by atoms with van der Waals surface area (Å²) in [5.74, 6) is 0. The van der Waals surface area contributed by atoms with E-state index >= 15 is 0 Å². The minimum atomic E-state index is 0.553. The smallest absolute Gasteiger partial charge is 0.321 e. The van der Waals surface area contributed by atoms with Crippen LogP contribution >= 0.6 is 0 Å². The largest absolute Gasteiger partial charge is 0.431 e. The van der Waals surface area contributed by atoms with E-state index in [-0.39, 0.29) is 0 Å². The van der Waals surface area contributed by atoms with Crippen LogP contribution in [0.25, 0.3) is 0 Å². The molecular formula is C6H8N2O2. The van der Waals surface area contributed by atoms with Gasteiger partial charge in [-0.1, -0.05) is 0 Å². The quantitative estimate of drug-likeness (QED) is 0.578. The predicted molar refractivity (Wildman–Crippen MR) is 34.4 cm³/mol. The molecule has 2 rings (SSSR count). The van der Waals surface area contributed by atoms with Crippen LogP contribution in [-0.2, 0) is 4.84 Å². The van der Waals surface area contributed by atoms with E-state index in [9.17, 15) is 0 Å². The Morgan fingerprint density at radius 1 is 1.60 bits per heavy atom. The van der Waals surface area contributed by atoms with Crippen LogP contribution in [0.15, 0.2) is 16.9 Å². The molecule has 0 N–H and O–H groups in total.